The van der Waals surface area contributed by atoms with E-state index in [0.717, 1.165) is 24.4 Å². The van der Waals surface area contributed by atoms with Gasteiger partial charge in [-0.15, -0.1) is 0 Å². The second kappa shape index (κ2) is 8.66. The standard InChI is InChI=1S/C24H31ClN2O2/c1-17-5-11-20(12-6-17)27(16-18-7-9-19(25)10-8-18)21-13-14-26(23(28)29)22(15-21)24(2,3)4/h5-12,21-22H,13-16H2,1-4H3,(H,28,29). The third-order valence-corrected chi connectivity index (χ3v) is 6.14. The zero-order valence-electron chi connectivity index (χ0n) is 17.7. The zero-order valence-corrected chi connectivity index (χ0v) is 18.5. The summed E-state index contributed by atoms with van der Waals surface area (Å²) in [7, 11) is 0. The van der Waals surface area contributed by atoms with Gasteiger partial charge in [0.25, 0.3) is 0 Å². The predicted molar refractivity (Wildman–Crippen MR) is 120 cm³/mol. The predicted octanol–water partition coefficient (Wildman–Crippen LogP) is 6.21. The molecular weight excluding hydrogens is 384 g/mol. The van der Waals surface area contributed by atoms with Crippen molar-refractivity contribution < 1.29 is 9.90 Å². The molecule has 2 atom stereocenters. The number of hydrogen-bond acceptors (Lipinski definition) is 2. The minimum absolute atomic E-state index is 0.0167. The van der Waals surface area contributed by atoms with Gasteiger partial charge in [-0.1, -0.05) is 62.2 Å². The lowest BCUT2D eigenvalue weighted by atomic mass is 9.78. The third kappa shape index (κ3) is 5.24. The van der Waals surface area contributed by atoms with Gasteiger partial charge in [-0.2, -0.15) is 0 Å². The fourth-order valence-corrected chi connectivity index (χ4v) is 4.36. The van der Waals surface area contributed by atoms with Gasteiger partial charge in [0.15, 0.2) is 0 Å². The second-order valence-electron chi connectivity index (χ2n) is 9.13. The molecule has 1 saturated heterocycles. The maximum Gasteiger partial charge on any atom is 0.407 e. The molecule has 0 aliphatic carbocycles. The molecule has 1 heterocycles. The van der Waals surface area contributed by atoms with Crippen molar-refractivity contribution in [3.63, 3.8) is 0 Å². The van der Waals surface area contributed by atoms with Crippen LogP contribution >= 0.6 is 11.6 Å². The topological polar surface area (TPSA) is 43.8 Å². The molecule has 0 radical (unpaired) electrons. The summed E-state index contributed by atoms with van der Waals surface area (Å²) in [6, 6.07) is 16.8. The highest BCUT2D eigenvalue weighted by Gasteiger charge is 2.40. The highest BCUT2D eigenvalue weighted by molar-refractivity contribution is 6.30. The Morgan fingerprint density at radius 2 is 1.76 bits per heavy atom. The Balaban J connectivity index is 1.91. The van der Waals surface area contributed by atoms with Gasteiger partial charge in [0.1, 0.15) is 0 Å². The molecule has 2 aromatic carbocycles. The smallest absolute Gasteiger partial charge is 0.407 e. The Hall–Kier alpha value is -2.20. The molecule has 5 heteroatoms. The highest BCUT2D eigenvalue weighted by atomic mass is 35.5. The molecular formula is C24H31ClN2O2. The lowest BCUT2D eigenvalue weighted by Gasteiger charge is -2.48. The van der Waals surface area contributed by atoms with Crippen molar-refractivity contribution in [2.24, 2.45) is 5.41 Å². The first kappa shape index (κ1) is 21.5. The Kier molecular flexibility index (Phi) is 6.42. The number of halogens is 1. The van der Waals surface area contributed by atoms with Crippen molar-refractivity contribution in [2.75, 3.05) is 11.4 Å². The molecule has 156 valence electrons. The van der Waals surface area contributed by atoms with Crippen LogP contribution in [0, 0.1) is 12.3 Å². The second-order valence-corrected chi connectivity index (χ2v) is 9.56. The third-order valence-electron chi connectivity index (χ3n) is 5.89. The summed E-state index contributed by atoms with van der Waals surface area (Å²) >= 11 is 6.07. The van der Waals surface area contributed by atoms with Crippen LogP contribution in [0.1, 0.15) is 44.7 Å². The first-order valence-electron chi connectivity index (χ1n) is 10.2. The number of amides is 1. The van der Waals surface area contributed by atoms with E-state index in [-0.39, 0.29) is 17.5 Å². The van der Waals surface area contributed by atoms with Gasteiger partial charge < -0.3 is 14.9 Å². The lowest BCUT2D eigenvalue weighted by Crippen LogP contribution is -2.56. The van der Waals surface area contributed by atoms with Gasteiger partial charge in [0, 0.05) is 35.9 Å². The molecule has 1 amide bonds. The number of nitrogens with zero attached hydrogens (tertiary/aromatic N) is 2. The Morgan fingerprint density at radius 1 is 1.14 bits per heavy atom. The van der Waals surface area contributed by atoms with E-state index in [1.807, 2.05) is 12.1 Å². The highest BCUT2D eigenvalue weighted by Crippen LogP contribution is 2.36. The van der Waals surface area contributed by atoms with Gasteiger partial charge in [-0.25, -0.2) is 4.79 Å². The van der Waals surface area contributed by atoms with Crippen LogP contribution in [-0.2, 0) is 6.54 Å². The van der Waals surface area contributed by atoms with Crippen molar-refractivity contribution in [3.8, 4) is 0 Å². The molecule has 1 aliphatic rings. The normalized spacial score (nSPS) is 19.8. The van der Waals surface area contributed by atoms with Crippen molar-refractivity contribution in [3.05, 3.63) is 64.7 Å². The zero-order chi connectivity index (χ0) is 21.2. The van der Waals surface area contributed by atoms with Crippen LogP contribution < -0.4 is 4.90 Å². The van der Waals surface area contributed by atoms with Gasteiger partial charge in [0.05, 0.1) is 0 Å². The number of carboxylic acid groups (broad SMARTS) is 1. The van der Waals surface area contributed by atoms with Crippen LogP contribution in [0.15, 0.2) is 48.5 Å². The molecule has 0 saturated carbocycles. The number of rotatable bonds is 4. The van der Waals surface area contributed by atoms with E-state index in [2.05, 4.69) is 69.0 Å². The van der Waals surface area contributed by atoms with Crippen molar-refractivity contribution in [1.29, 1.82) is 0 Å². The fourth-order valence-electron chi connectivity index (χ4n) is 4.23. The van der Waals surface area contributed by atoms with E-state index in [9.17, 15) is 9.90 Å². The van der Waals surface area contributed by atoms with Gasteiger partial charge in [0.2, 0.25) is 0 Å². The number of anilines is 1. The van der Waals surface area contributed by atoms with E-state index in [1.165, 1.54) is 16.8 Å². The molecule has 3 rings (SSSR count). The average Bonchev–Trinajstić information content (AvgIpc) is 2.67. The lowest BCUT2D eigenvalue weighted by molar-refractivity contribution is 0.0520. The van der Waals surface area contributed by atoms with Crippen molar-refractivity contribution in [1.82, 2.24) is 4.90 Å². The van der Waals surface area contributed by atoms with Crippen LogP contribution in [0.25, 0.3) is 0 Å². The van der Waals surface area contributed by atoms with E-state index < -0.39 is 6.09 Å². The average molecular weight is 415 g/mol. The molecule has 29 heavy (non-hydrogen) atoms. The summed E-state index contributed by atoms with van der Waals surface area (Å²) in [5.41, 5.74) is 3.49. The SMILES string of the molecule is Cc1ccc(N(Cc2ccc(Cl)cc2)C2CCN(C(=O)O)C(C(C)(C)C)C2)cc1. The molecule has 0 aromatic heterocycles. The van der Waals surface area contributed by atoms with Crippen LogP contribution in [0.2, 0.25) is 5.02 Å². The van der Waals surface area contributed by atoms with E-state index in [0.29, 0.717) is 6.54 Å². The summed E-state index contributed by atoms with van der Waals surface area (Å²) in [5.74, 6) is 0. The van der Waals surface area contributed by atoms with Gasteiger partial charge in [-0.3, -0.25) is 0 Å². The molecule has 0 spiro atoms. The number of aryl methyl sites for hydroxylation is 1. The van der Waals surface area contributed by atoms with Gasteiger partial charge in [-0.05, 0) is 55.0 Å². The van der Waals surface area contributed by atoms with Crippen molar-refractivity contribution in [2.45, 2.75) is 59.2 Å². The molecule has 0 bridgehead atoms. The number of likely N-dealkylation sites (tertiary alicyclic amines) is 1. The van der Waals surface area contributed by atoms with E-state index >= 15 is 0 Å². The minimum Gasteiger partial charge on any atom is -0.465 e. The molecule has 2 aromatic rings. The summed E-state index contributed by atoms with van der Waals surface area (Å²) in [6.45, 7) is 9.82. The van der Waals surface area contributed by atoms with Crippen LogP contribution in [0.5, 0.6) is 0 Å². The maximum absolute atomic E-state index is 11.8. The first-order chi connectivity index (χ1) is 13.6. The Morgan fingerprint density at radius 3 is 2.31 bits per heavy atom. The summed E-state index contributed by atoms with van der Waals surface area (Å²) in [5, 5.41) is 10.4. The molecule has 1 fully saturated rings. The van der Waals surface area contributed by atoms with Crippen LogP contribution in [-0.4, -0.2) is 34.7 Å². The quantitative estimate of drug-likeness (QED) is 0.646. The molecule has 4 nitrogen and oxygen atoms in total. The largest absolute Gasteiger partial charge is 0.465 e. The first-order valence-corrected chi connectivity index (χ1v) is 10.6. The number of piperidine rings is 1. The van der Waals surface area contributed by atoms with Crippen LogP contribution in [0.4, 0.5) is 10.5 Å². The molecule has 1 N–H and O–H groups in total. The number of benzene rings is 2. The number of hydrogen-bond donors (Lipinski definition) is 1. The minimum atomic E-state index is -0.817. The molecule has 1 aliphatic heterocycles. The van der Waals surface area contributed by atoms with Crippen LogP contribution in [0.3, 0.4) is 0 Å². The molecule has 2 unspecified atom stereocenters. The van der Waals surface area contributed by atoms with Crippen molar-refractivity contribution >= 4 is 23.4 Å². The van der Waals surface area contributed by atoms with Gasteiger partial charge >= 0.3 is 6.09 Å². The van der Waals surface area contributed by atoms with E-state index in [1.54, 1.807) is 4.90 Å². The Labute approximate surface area is 179 Å². The summed E-state index contributed by atoms with van der Waals surface area (Å²) < 4.78 is 0. The summed E-state index contributed by atoms with van der Waals surface area (Å²) in [6.07, 6.45) is 0.820. The maximum atomic E-state index is 11.8. The Bertz CT molecular complexity index is 827. The summed E-state index contributed by atoms with van der Waals surface area (Å²) in [4.78, 5) is 15.9. The monoisotopic (exact) mass is 414 g/mol. The fraction of sp³-hybridized carbons (Fsp3) is 0.458. The number of carbonyl (C=O) groups is 1. The van der Waals surface area contributed by atoms with E-state index in [4.69, 9.17) is 11.6 Å².